The smallest absolute Gasteiger partial charge is 0.266 e. The summed E-state index contributed by atoms with van der Waals surface area (Å²) in [5.74, 6) is 0. The molecule has 0 spiro atoms. The van der Waals surface area contributed by atoms with E-state index < -0.39 is 11.2 Å². The van der Waals surface area contributed by atoms with Crippen LogP contribution in [0.5, 0.6) is 0 Å². The van der Waals surface area contributed by atoms with Crippen LogP contribution in [0.3, 0.4) is 0 Å². The zero-order chi connectivity index (χ0) is 10.7. The molecule has 1 N–H and O–H groups in total. The molecule has 6 heteroatoms. The Labute approximate surface area is 88.6 Å². The Morgan fingerprint density at radius 2 is 2.21 bits per heavy atom. The lowest BCUT2D eigenvalue weighted by Crippen LogP contribution is -2.36. The number of hydrogen-bond acceptors (Lipinski definition) is 3. The Morgan fingerprint density at radius 3 is 2.79 bits per heavy atom. The van der Waals surface area contributed by atoms with Crippen molar-refractivity contribution in [3.63, 3.8) is 0 Å². The van der Waals surface area contributed by atoms with Crippen LogP contribution in [-0.4, -0.2) is 14.8 Å². The quantitative estimate of drug-likeness (QED) is 0.794. The monoisotopic (exact) mass is 259 g/mol. The van der Waals surface area contributed by atoms with Crippen molar-refractivity contribution in [2.75, 3.05) is 0 Å². The highest BCUT2D eigenvalue weighted by atomic mass is 79.9. The van der Waals surface area contributed by atoms with Gasteiger partial charge in [-0.2, -0.15) is 5.10 Å². The number of halogens is 1. The maximum atomic E-state index is 11.4. The third-order valence-electron chi connectivity index (χ3n) is 1.60. The number of H-pyrrole nitrogens is 1. The van der Waals surface area contributed by atoms with E-state index in [1.807, 2.05) is 13.8 Å². The van der Waals surface area contributed by atoms with Gasteiger partial charge in [-0.05, 0) is 29.8 Å². The summed E-state index contributed by atoms with van der Waals surface area (Å²) in [4.78, 5) is 22.6. The minimum Gasteiger partial charge on any atom is -0.266 e. The molecule has 0 amide bonds. The molecule has 0 fully saturated rings. The molecule has 0 aliphatic rings. The molecule has 0 bridgehead atoms. The second-order valence-electron chi connectivity index (χ2n) is 3.02. The lowest BCUT2D eigenvalue weighted by Gasteiger charge is -1.99. The van der Waals surface area contributed by atoms with Gasteiger partial charge in [0.15, 0.2) is 4.60 Å². The van der Waals surface area contributed by atoms with Gasteiger partial charge in [-0.15, -0.1) is 0 Å². The SMILES string of the molecule is CC(C)=CCn1c(=O)[nH]nc(Br)c1=O. The highest BCUT2D eigenvalue weighted by Crippen LogP contribution is 1.93. The summed E-state index contributed by atoms with van der Waals surface area (Å²) in [6.45, 7) is 4.06. The third kappa shape index (κ3) is 2.41. The first-order valence-electron chi connectivity index (χ1n) is 4.00. The van der Waals surface area contributed by atoms with Gasteiger partial charge >= 0.3 is 5.69 Å². The van der Waals surface area contributed by atoms with Crippen molar-refractivity contribution < 1.29 is 0 Å². The number of hydrogen-bond donors (Lipinski definition) is 1. The lowest BCUT2D eigenvalue weighted by atomic mass is 10.3. The molecular weight excluding hydrogens is 250 g/mol. The molecule has 0 aliphatic carbocycles. The Bertz CT molecular complexity index is 468. The minimum atomic E-state index is -0.504. The van der Waals surface area contributed by atoms with Crippen molar-refractivity contribution in [3.8, 4) is 0 Å². The van der Waals surface area contributed by atoms with Crippen molar-refractivity contribution in [2.45, 2.75) is 20.4 Å². The second kappa shape index (κ2) is 4.36. The topological polar surface area (TPSA) is 67.8 Å². The first-order chi connectivity index (χ1) is 6.52. The third-order valence-corrected chi connectivity index (χ3v) is 2.12. The van der Waals surface area contributed by atoms with E-state index in [4.69, 9.17) is 0 Å². The summed E-state index contributed by atoms with van der Waals surface area (Å²) in [7, 11) is 0. The standard InChI is InChI=1S/C8H10BrN3O2/c1-5(2)3-4-12-7(13)6(9)10-11-8(12)14/h3H,4H2,1-2H3,(H,11,14). The van der Waals surface area contributed by atoms with Gasteiger partial charge < -0.3 is 0 Å². The molecular formula is C8H10BrN3O2. The van der Waals surface area contributed by atoms with Crippen LogP contribution in [0.4, 0.5) is 0 Å². The highest BCUT2D eigenvalue weighted by Gasteiger charge is 2.04. The normalized spacial score (nSPS) is 9.93. The van der Waals surface area contributed by atoms with Gasteiger partial charge in [-0.3, -0.25) is 9.36 Å². The van der Waals surface area contributed by atoms with Gasteiger partial charge in [0.2, 0.25) is 0 Å². The van der Waals surface area contributed by atoms with Crippen LogP contribution < -0.4 is 11.2 Å². The van der Waals surface area contributed by atoms with Crippen LogP contribution in [0, 0.1) is 0 Å². The Morgan fingerprint density at radius 1 is 1.57 bits per heavy atom. The number of nitrogens with one attached hydrogen (secondary N) is 1. The molecule has 5 nitrogen and oxygen atoms in total. The number of aromatic nitrogens is 3. The maximum Gasteiger partial charge on any atom is 0.345 e. The van der Waals surface area contributed by atoms with Crippen LogP contribution in [-0.2, 0) is 6.54 Å². The average molecular weight is 260 g/mol. The van der Waals surface area contributed by atoms with Gasteiger partial charge in [0.1, 0.15) is 0 Å². The van der Waals surface area contributed by atoms with Crippen molar-refractivity contribution in [2.24, 2.45) is 0 Å². The fourth-order valence-electron chi connectivity index (χ4n) is 0.848. The van der Waals surface area contributed by atoms with E-state index >= 15 is 0 Å². The Kier molecular flexibility index (Phi) is 3.40. The summed E-state index contributed by atoms with van der Waals surface area (Å²) in [5, 5.41) is 5.71. The number of rotatable bonds is 2. The average Bonchev–Trinajstić information content (AvgIpc) is 2.11. The Hall–Kier alpha value is -1.17. The van der Waals surface area contributed by atoms with Crippen molar-refractivity contribution in [3.05, 3.63) is 37.1 Å². The predicted molar refractivity (Wildman–Crippen MR) is 56.2 cm³/mol. The fraction of sp³-hybridized carbons (Fsp3) is 0.375. The summed E-state index contributed by atoms with van der Waals surface area (Å²) < 4.78 is 1.18. The van der Waals surface area contributed by atoms with E-state index in [0.29, 0.717) is 0 Å². The van der Waals surface area contributed by atoms with E-state index in [2.05, 4.69) is 26.1 Å². The molecule has 0 atom stereocenters. The first kappa shape index (κ1) is 10.9. The van der Waals surface area contributed by atoms with Gasteiger partial charge in [0.05, 0.1) is 0 Å². The molecule has 76 valence electrons. The summed E-state index contributed by atoms with van der Waals surface area (Å²) >= 11 is 2.95. The summed E-state index contributed by atoms with van der Waals surface area (Å²) in [6.07, 6.45) is 1.79. The number of aromatic amines is 1. The number of allylic oxidation sites excluding steroid dienone is 2. The van der Waals surface area contributed by atoms with Gasteiger partial charge in [0.25, 0.3) is 5.56 Å². The molecule has 1 rings (SSSR count). The fourth-order valence-corrected chi connectivity index (χ4v) is 1.15. The highest BCUT2D eigenvalue weighted by molar-refractivity contribution is 9.10. The first-order valence-corrected chi connectivity index (χ1v) is 4.80. The van der Waals surface area contributed by atoms with Crippen LogP contribution in [0.2, 0.25) is 0 Å². The van der Waals surface area contributed by atoms with Gasteiger partial charge in [-0.1, -0.05) is 11.6 Å². The van der Waals surface area contributed by atoms with Crippen LogP contribution in [0.1, 0.15) is 13.8 Å². The van der Waals surface area contributed by atoms with Gasteiger partial charge in [-0.25, -0.2) is 9.89 Å². The molecule has 0 aromatic carbocycles. The van der Waals surface area contributed by atoms with E-state index in [1.165, 1.54) is 0 Å². The molecule has 0 saturated carbocycles. The van der Waals surface area contributed by atoms with Crippen molar-refractivity contribution >= 4 is 15.9 Å². The van der Waals surface area contributed by atoms with Gasteiger partial charge in [0, 0.05) is 6.54 Å². The Balaban J connectivity index is 3.21. The van der Waals surface area contributed by atoms with E-state index in [0.717, 1.165) is 10.1 Å². The second-order valence-corrected chi connectivity index (χ2v) is 3.77. The van der Waals surface area contributed by atoms with Crippen LogP contribution >= 0.6 is 15.9 Å². The zero-order valence-electron chi connectivity index (χ0n) is 7.87. The van der Waals surface area contributed by atoms with E-state index in [9.17, 15) is 9.59 Å². The molecule has 1 aromatic rings. The lowest BCUT2D eigenvalue weighted by molar-refractivity contribution is 0.667. The van der Waals surface area contributed by atoms with Crippen molar-refractivity contribution in [1.29, 1.82) is 0 Å². The summed E-state index contributed by atoms with van der Waals surface area (Å²) in [5.41, 5.74) is 0.117. The molecule has 1 aromatic heterocycles. The van der Waals surface area contributed by atoms with Crippen LogP contribution in [0.15, 0.2) is 25.8 Å². The molecule has 1 heterocycles. The minimum absolute atomic E-state index is 0.110. The van der Waals surface area contributed by atoms with Crippen LogP contribution in [0.25, 0.3) is 0 Å². The number of nitrogens with zero attached hydrogens (tertiary/aromatic N) is 2. The van der Waals surface area contributed by atoms with E-state index in [1.54, 1.807) is 6.08 Å². The van der Waals surface area contributed by atoms with Crippen molar-refractivity contribution in [1.82, 2.24) is 14.8 Å². The molecule has 0 unspecified atom stereocenters. The molecule has 0 saturated heterocycles. The zero-order valence-corrected chi connectivity index (χ0v) is 9.46. The van der Waals surface area contributed by atoms with E-state index in [-0.39, 0.29) is 11.1 Å². The maximum absolute atomic E-state index is 11.4. The summed E-state index contributed by atoms with van der Waals surface area (Å²) in [6, 6.07) is 0. The molecule has 0 radical (unpaired) electrons. The largest absolute Gasteiger partial charge is 0.345 e. The molecule has 0 aliphatic heterocycles. The molecule has 14 heavy (non-hydrogen) atoms. The predicted octanol–water partition coefficient (Wildman–Crippen LogP) is 0.660.